The number of nitrogens with zero attached hydrogens (tertiary/aromatic N) is 2. The number of nitrogens with one attached hydrogen (secondary N) is 1. The molecule has 1 aromatic carbocycles. The van der Waals surface area contributed by atoms with Gasteiger partial charge in [-0.25, -0.2) is 0 Å². The van der Waals surface area contributed by atoms with Gasteiger partial charge in [0.1, 0.15) is 0 Å². The van der Waals surface area contributed by atoms with Gasteiger partial charge in [0.05, 0.1) is 15.7 Å². The maximum atomic E-state index is 6.03. The van der Waals surface area contributed by atoms with Crippen molar-refractivity contribution in [2.75, 3.05) is 0 Å². The summed E-state index contributed by atoms with van der Waals surface area (Å²) in [5, 5.41) is 8.96. The minimum absolute atomic E-state index is 0.203. The summed E-state index contributed by atoms with van der Waals surface area (Å²) in [4.78, 5) is 0. The van der Waals surface area contributed by atoms with Gasteiger partial charge in [0.25, 0.3) is 0 Å². The summed E-state index contributed by atoms with van der Waals surface area (Å²) in [5.41, 5.74) is 3.38. The lowest BCUT2D eigenvalue weighted by Gasteiger charge is -2.14. The third-order valence-corrected chi connectivity index (χ3v) is 3.90. The highest BCUT2D eigenvalue weighted by Gasteiger charge is 2.09. The van der Waals surface area contributed by atoms with Crippen molar-refractivity contribution in [1.29, 1.82) is 0 Å². The largest absolute Gasteiger partial charge is 0.306 e. The van der Waals surface area contributed by atoms with Gasteiger partial charge in [0.2, 0.25) is 0 Å². The Balaban J connectivity index is 2.03. The van der Waals surface area contributed by atoms with Crippen LogP contribution >= 0.6 is 23.2 Å². The van der Waals surface area contributed by atoms with E-state index in [2.05, 4.69) is 17.3 Å². The van der Waals surface area contributed by atoms with E-state index in [1.807, 2.05) is 43.0 Å². The van der Waals surface area contributed by atoms with Gasteiger partial charge in [-0.05, 0) is 31.5 Å². The second kappa shape index (κ2) is 5.95. The second-order valence-electron chi connectivity index (χ2n) is 4.69. The van der Waals surface area contributed by atoms with Crippen molar-refractivity contribution in [3.8, 4) is 0 Å². The van der Waals surface area contributed by atoms with Crippen LogP contribution in [0, 0.1) is 6.92 Å². The number of rotatable bonds is 4. The standard InChI is InChI=1S/C14H17Cl2N3/c1-9(11-4-5-13(15)14(16)6-11)17-7-12-8-19(3)18-10(12)2/h4-6,8-9,17H,7H2,1-3H3. The normalized spacial score (nSPS) is 12.7. The molecule has 5 heteroatoms. The SMILES string of the molecule is Cc1nn(C)cc1CNC(C)c1ccc(Cl)c(Cl)c1. The summed E-state index contributed by atoms with van der Waals surface area (Å²) in [6, 6.07) is 5.92. The molecule has 1 atom stereocenters. The van der Waals surface area contributed by atoms with Gasteiger partial charge in [0, 0.05) is 31.4 Å². The van der Waals surface area contributed by atoms with Crippen LogP contribution in [0.15, 0.2) is 24.4 Å². The van der Waals surface area contributed by atoms with Crippen LogP contribution < -0.4 is 5.32 Å². The fraction of sp³-hybridized carbons (Fsp3) is 0.357. The average molecular weight is 298 g/mol. The van der Waals surface area contributed by atoms with Crippen molar-refractivity contribution in [3.05, 3.63) is 51.3 Å². The highest BCUT2D eigenvalue weighted by Crippen LogP contribution is 2.25. The predicted octanol–water partition coefficient (Wildman–Crippen LogP) is 3.89. The Morgan fingerprint density at radius 1 is 1.32 bits per heavy atom. The maximum Gasteiger partial charge on any atom is 0.0638 e. The smallest absolute Gasteiger partial charge is 0.0638 e. The van der Waals surface area contributed by atoms with E-state index in [0.717, 1.165) is 17.8 Å². The van der Waals surface area contributed by atoms with Crippen LogP contribution in [-0.2, 0) is 13.6 Å². The lowest BCUT2D eigenvalue weighted by atomic mass is 10.1. The quantitative estimate of drug-likeness (QED) is 0.928. The van der Waals surface area contributed by atoms with Gasteiger partial charge < -0.3 is 5.32 Å². The van der Waals surface area contributed by atoms with E-state index in [1.165, 1.54) is 5.56 Å². The van der Waals surface area contributed by atoms with Crippen molar-refractivity contribution in [2.45, 2.75) is 26.4 Å². The molecular formula is C14H17Cl2N3. The molecule has 1 aromatic heterocycles. The van der Waals surface area contributed by atoms with E-state index in [-0.39, 0.29) is 6.04 Å². The molecule has 3 nitrogen and oxygen atoms in total. The fourth-order valence-corrected chi connectivity index (χ4v) is 2.29. The lowest BCUT2D eigenvalue weighted by Crippen LogP contribution is -2.18. The first-order valence-electron chi connectivity index (χ1n) is 6.15. The zero-order chi connectivity index (χ0) is 14.0. The number of hydrogen-bond acceptors (Lipinski definition) is 2. The van der Waals surface area contributed by atoms with Crippen molar-refractivity contribution < 1.29 is 0 Å². The van der Waals surface area contributed by atoms with Crippen LogP contribution in [0.4, 0.5) is 0 Å². The number of aromatic nitrogens is 2. The molecule has 19 heavy (non-hydrogen) atoms. The van der Waals surface area contributed by atoms with Crippen LogP contribution in [0.2, 0.25) is 10.0 Å². The number of hydrogen-bond donors (Lipinski definition) is 1. The number of aryl methyl sites for hydroxylation is 2. The molecule has 2 aromatic rings. The Morgan fingerprint density at radius 2 is 2.05 bits per heavy atom. The molecule has 102 valence electrons. The van der Waals surface area contributed by atoms with Crippen LogP contribution in [-0.4, -0.2) is 9.78 Å². The summed E-state index contributed by atoms with van der Waals surface area (Å²) in [6.45, 7) is 4.90. The van der Waals surface area contributed by atoms with Gasteiger partial charge in [-0.3, -0.25) is 4.68 Å². The summed E-state index contributed by atoms with van der Waals surface area (Å²) in [6.07, 6.45) is 2.03. The lowest BCUT2D eigenvalue weighted by molar-refractivity contribution is 0.573. The van der Waals surface area contributed by atoms with E-state index in [0.29, 0.717) is 10.0 Å². The molecule has 0 aliphatic rings. The van der Waals surface area contributed by atoms with Crippen LogP contribution in [0.25, 0.3) is 0 Å². The first-order chi connectivity index (χ1) is 8.97. The molecule has 1 N–H and O–H groups in total. The molecule has 0 saturated heterocycles. The molecule has 1 unspecified atom stereocenters. The Bertz CT molecular complexity index is 578. The van der Waals surface area contributed by atoms with Crippen molar-refractivity contribution in [3.63, 3.8) is 0 Å². The number of halogens is 2. The summed E-state index contributed by atoms with van der Waals surface area (Å²) >= 11 is 11.9. The van der Waals surface area contributed by atoms with Crippen LogP contribution in [0.3, 0.4) is 0 Å². The Hall–Kier alpha value is -1.03. The maximum absolute atomic E-state index is 6.03. The third kappa shape index (κ3) is 3.50. The third-order valence-electron chi connectivity index (χ3n) is 3.16. The number of benzene rings is 1. The summed E-state index contributed by atoms with van der Waals surface area (Å²) < 4.78 is 1.83. The summed E-state index contributed by atoms with van der Waals surface area (Å²) in [5.74, 6) is 0. The topological polar surface area (TPSA) is 29.9 Å². The van der Waals surface area contributed by atoms with Gasteiger partial charge >= 0.3 is 0 Å². The first-order valence-corrected chi connectivity index (χ1v) is 6.90. The molecule has 0 aliphatic carbocycles. The molecule has 0 fully saturated rings. The van der Waals surface area contributed by atoms with Crippen LogP contribution in [0.1, 0.15) is 29.8 Å². The zero-order valence-corrected chi connectivity index (χ0v) is 12.8. The van der Waals surface area contributed by atoms with E-state index in [9.17, 15) is 0 Å². The molecule has 0 aliphatic heterocycles. The van der Waals surface area contributed by atoms with Gasteiger partial charge in [0.15, 0.2) is 0 Å². The zero-order valence-electron chi connectivity index (χ0n) is 11.2. The molecule has 0 bridgehead atoms. The van der Waals surface area contributed by atoms with E-state index in [4.69, 9.17) is 23.2 Å². The monoisotopic (exact) mass is 297 g/mol. The van der Waals surface area contributed by atoms with Gasteiger partial charge in [-0.1, -0.05) is 29.3 Å². The second-order valence-corrected chi connectivity index (χ2v) is 5.50. The Morgan fingerprint density at radius 3 is 2.63 bits per heavy atom. The average Bonchev–Trinajstić information content (AvgIpc) is 2.68. The first kappa shape index (κ1) is 14.4. The molecule has 0 amide bonds. The van der Waals surface area contributed by atoms with E-state index in [1.54, 1.807) is 0 Å². The van der Waals surface area contributed by atoms with E-state index >= 15 is 0 Å². The van der Waals surface area contributed by atoms with Crippen molar-refractivity contribution in [1.82, 2.24) is 15.1 Å². The Labute approximate surface area is 123 Å². The minimum atomic E-state index is 0.203. The molecule has 1 heterocycles. The minimum Gasteiger partial charge on any atom is -0.306 e. The molecular weight excluding hydrogens is 281 g/mol. The molecule has 0 spiro atoms. The van der Waals surface area contributed by atoms with Crippen molar-refractivity contribution in [2.24, 2.45) is 7.05 Å². The molecule has 0 saturated carbocycles. The highest BCUT2D eigenvalue weighted by molar-refractivity contribution is 6.42. The van der Waals surface area contributed by atoms with Gasteiger partial charge in [-0.15, -0.1) is 0 Å². The molecule has 0 radical (unpaired) electrons. The summed E-state index contributed by atoms with van der Waals surface area (Å²) in [7, 11) is 1.93. The Kier molecular flexibility index (Phi) is 4.50. The predicted molar refractivity (Wildman–Crippen MR) is 79.7 cm³/mol. The van der Waals surface area contributed by atoms with Crippen LogP contribution in [0.5, 0.6) is 0 Å². The van der Waals surface area contributed by atoms with Crippen molar-refractivity contribution >= 4 is 23.2 Å². The van der Waals surface area contributed by atoms with Gasteiger partial charge in [-0.2, -0.15) is 5.10 Å². The molecule has 2 rings (SSSR count). The highest BCUT2D eigenvalue weighted by atomic mass is 35.5. The van der Waals surface area contributed by atoms with E-state index < -0.39 is 0 Å². The fourth-order valence-electron chi connectivity index (χ4n) is 1.98.